The van der Waals surface area contributed by atoms with Gasteiger partial charge in [0, 0.05) is 37.4 Å². The van der Waals surface area contributed by atoms with Crippen LogP contribution in [0.2, 0.25) is 0 Å². The predicted octanol–water partition coefficient (Wildman–Crippen LogP) is 7.58. The molecule has 0 unspecified atom stereocenters. The normalized spacial score (nSPS) is 11.8. The molecule has 0 amide bonds. The fraction of sp³-hybridized carbons (Fsp3) is 0.484. The topological polar surface area (TPSA) is 54.1 Å². The Morgan fingerprint density at radius 3 is 2.19 bits per heavy atom. The molecule has 2 aromatic carbocycles. The highest BCUT2D eigenvalue weighted by Crippen LogP contribution is 2.30. The van der Waals surface area contributed by atoms with Crippen molar-refractivity contribution in [1.29, 1.82) is 0 Å². The molecule has 2 aromatic heterocycles. The number of hydrogen-bond acceptors (Lipinski definition) is 4. The van der Waals surface area contributed by atoms with Crippen LogP contribution in [0.25, 0.3) is 10.9 Å². The van der Waals surface area contributed by atoms with Crippen molar-refractivity contribution in [2.45, 2.75) is 85.3 Å². The summed E-state index contributed by atoms with van der Waals surface area (Å²) in [5, 5.41) is 10.3. The second-order valence-electron chi connectivity index (χ2n) is 11.0. The van der Waals surface area contributed by atoms with Crippen LogP contribution in [0.1, 0.15) is 94.4 Å². The summed E-state index contributed by atoms with van der Waals surface area (Å²) in [5.41, 5.74) is 5.96. The summed E-state index contributed by atoms with van der Waals surface area (Å²) in [6.07, 6.45) is 8.22. The van der Waals surface area contributed by atoms with Crippen LogP contribution in [0.5, 0.6) is 11.5 Å². The zero-order valence-electron chi connectivity index (χ0n) is 23.5. The van der Waals surface area contributed by atoms with Crippen LogP contribution in [0.4, 0.5) is 0 Å². The molecule has 0 saturated carbocycles. The maximum Gasteiger partial charge on any atom is 0.123 e. The number of unbranched alkanes of at least 4 members (excludes halogenated alkanes) is 1. The van der Waals surface area contributed by atoms with Crippen LogP contribution in [0, 0.1) is 0 Å². The van der Waals surface area contributed by atoms with E-state index in [1.807, 2.05) is 28.7 Å². The Labute approximate surface area is 221 Å². The van der Waals surface area contributed by atoms with Crippen molar-refractivity contribution >= 4 is 10.9 Å². The highest BCUT2D eigenvalue weighted by Gasteiger charge is 2.12. The van der Waals surface area contributed by atoms with Crippen molar-refractivity contribution in [3.05, 3.63) is 71.2 Å². The van der Waals surface area contributed by atoms with Gasteiger partial charge in [-0.1, -0.05) is 47.6 Å². The monoisotopic (exact) mass is 502 g/mol. The minimum atomic E-state index is 0.387. The van der Waals surface area contributed by atoms with E-state index in [1.54, 1.807) is 0 Å². The zero-order valence-corrected chi connectivity index (χ0v) is 23.5. The molecule has 4 aromatic rings. The SMILES string of the molecule is CC(C)c1cc(OCCCCn2cc(C(C)C)cn2)cc(OCc2cc(C(C)C)c3cn(C)nc3c2)c1. The Morgan fingerprint density at radius 2 is 1.51 bits per heavy atom. The lowest BCUT2D eigenvalue weighted by Crippen LogP contribution is -2.04. The summed E-state index contributed by atoms with van der Waals surface area (Å²) in [6, 6.07) is 10.7. The van der Waals surface area contributed by atoms with Gasteiger partial charge < -0.3 is 9.47 Å². The van der Waals surface area contributed by atoms with Gasteiger partial charge in [-0.3, -0.25) is 9.36 Å². The quantitative estimate of drug-likeness (QED) is 0.187. The minimum absolute atomic E-state index is 0.387. The summed E-state index contributed by atoms with van der Waals surface area (Å²) in [6.45, 7) is 15.3. The average molecular weight is 503 g/mol. The van der Waals surface area contributed by atoms with Gasteiger partial charge in [0.25, 0.3) is 0 Å². The number of rotatable bonds is 12. The van der Waals surface area contributed by atoms with Gasteiger partial charge in [0.1, 0.15) is 18.1 Å². The molecule has 0 aliphatic rings. The third-order valence-corrected chi connectivity index (χ3v) is 6.80. The molecule has 0 radical (unpaired) electrons. The molecule has 0 fully saturated rings. The van der Waals surface area contributed by atoms with E-state index in [4.69, 9.17) is 9.47 Å². The first-order chi connectivity index (χ1) is 17.7. The van der Waals surface area contributed by atoms with Crippen molar-refractivity contribution in [2.24, 2.45) is 7.05 Å². The molecule has 0 bridgehead atoms. The molecule has 0 spiro atoms. The van der Waals surface area contributed by atoms with E-state index >= 15 is 0 Å². The van der Waals surface area contributed by atoms with Gasteiger partial charge in [0.15, 0.2) is 0 Å². The second kappa shape index (κ2) is 11.8. The lowest BCUT2D eigenvalue weighted by atomic mass is 9.97. The largest absolute Gasteiger partial charge is 0.493 e. The second-order valence-corrected chi connectivity index (χ2v) is 11.0. The van der Waals surface area contributed by atoms with Crippen molar-refractivity contribution < 1.29 is 9.47 Å². The summed E-state index contributed by atoms with van der Waals surface area (Å²) < 4.78 is 16.4. The molecule has 0 saturated heterocycles. The molecular weight excluding hydrogens is 460 g/mol. The van der Waals surface area contributed by atoms with E-state index in [9.17, 15) is 0 Å². The number of fused-ring (bicyclic) bond motifs is 1. The smallest absolute Gasteiger partial charge is 0.123 e. The van der Waals surface area contributed by atoms with Gasteiger partial charge in [-0.2, -0.15) is 10.2 Å². The molecule has 6 heteroatoms. The van der Waals surface area contributed by atoms with Gasteiger partial charge in [-0.05, 0) is 71.0 Å². The van der Waals surface area contributed by atoms with Gasteiger partial charge >= 0.3 is 0 Å². The summed E-state index contributed by atoms with van der Waals surface area (Å²) >= 11 is 0. The zero-order chi connectivity index (χ0) is 26.5. The molecule has 198 valence electrons. The van der Waals surface area contributed by atoms with E-state index in [-0.39, 0.29) is 0 Å². The standard InChI is InChI=1S/C31H42N4O2/c1-21(2)25-14-27(36-11-9-8-10-35-18-26(17-32-35)22(3)4)16-28(15-25)37-20-24-12-29(23(5)6)30-19-34(7)33-31(30)13-24/h12-19,21-23H,8-11,20H2,1-7H3. The van der Waals surface area contributed by atoms with E-state index in [0.717, 1.165) is 42.0 Å². The highest BCUT2D eigenvalue weighted by atomic mass is 16.5. The van der Waals surface area contributed by atoms with Crippen molar-refractivity contribution in [1.82, 2.24) is 19.6 Å². The highest BCUT2D eigenvalue weighted by molar-refractivity contribution is 5.83. The van der Waals surface area contributed by atoms with Crippen LogP contribution >= 0.6 is 0 Å². The van der Waals surface area contributed by atoms with E-state index < -0.39 is 0 Å². The molecule has 0 atom stereocenters. The summed E-state index contributed by atoms with van der Waals surface area (Å²) in [7, 11) is 1.97. The van der Waals surface area contributed by atoms with Crippen LogP contribution < -0.4 is 9.47 Å². The van der Waals surface area contributed by atoms with Gasteiger partial charge in [0.2, 0.25) is 0 Å². The van der Waals surface area contributed by atoms with Crippen molar-refractivity contribution in [3.63, 3.8) is 0 Å². The van der Waals surface area contributed by atoms with Gasteiger partial charge in [-0.15, -0.1) is 0 Å². The Hall–Kier alpha value is -3.28. The molecule has 2 heterocycles. The molecule has 4 rings (SSSR count). The lowest BCUT2D eigenvalue weighted by Gasteiger charge is -2.15. The van der Waals surface area contributed by atoms with E-state index in [2.05, 4.69) is 88.4 Å². The molecule has 0 N–H and O–H groups in total. The Bertz CT molecular complexity index is 1320. The number of nitrogens with zero attached hydrogens (tertiary/aromatic N) is 4. The number of aryl methyl sites for hydroxylation is 2. The molecule has 0 aliphatic carbocycles. The van der Waals surface area contributed by atoms with E-state index in [0.29, 0.717) is 31.0 Å². The first-order valence-corrected chi connectivity index (χ1v) is 13.6. The predicted molar refractivity (Wildman–Crippen MR) is 151 cm³/mol. The van der Waals surface area contributed by atoms with Gasteiger partial charge in [0.05, 0.1) is 18.3 Å². The Balaban J connectivity index is 1.38. The van der Waals surface area contributed by atoms with Crippen LogP contribution in [0.15, 0.2) is 48.9 Å². The third-order valence-electron chi connectivity index (χ3n) is 6.80. The molecular formula is C31H42N4O2. The fourth-order valence-corrected chi connectivity index (χ4v) is 4.52. The fourth-order valence-electron chi connectivity index (χ4n) is 4.52. The number of benzene rings is 2. The first kappa shape index (κ1) is 26.8. The number of aromatic nitrogens is 4. The lowest BCUT2D eigenvalue weighted by molar-refractivity contribution is 0.288. The maximum absolute atomic E-state index is 6.29. The van der Waals surface area contributed by atoms with Gasteiger partial charge in [-0.25, -0.2) is 0 Å². The molecule has 37 heavy (non-hydrogen) atoms. The van der Waals surface area contributed by atoms with Crippen LogP contribution in [-0.4, -0.2) is 26.2 Å². The Morgan fingerprint density at radius 1 is 0.784 bits per heavy atom. The van der Waals surface area contributed by atoms with Crippen LogP contribution in [0.3, 0.4) is 0 Å². The number of hydrogen-bond donors (Lipinski definition) is 0. The number of ether oxygens (including phenoxy) is 2. The summed E-state index contributed by atoms with van der Waals surface area (Å²) in [4.78, 5) is 0. The van der Waals surface area contributed by atoms with E-state index in [1.165, 1.54) is 22.1 Å². The average Bonchev–Trinajstić information content (AvgIpc) is 3.47. The molecule has 0 aliphatic heterocycles. The Kier molecular flexibility index (Phi) is 8.57. The maximum atomic E-state index is 6.29. The van der Waals surface area contributed by atoms with Crippen molar-refractivity contribution in [2.75, 3.05) is 6.61 Å². The summed E-state index contributed by atoms with van der Waals surface area (Å²) in [5.74, 6) is 3.02. The van der Waals surface area contributed by atoms with Crippen molar-refractivity contribution in [3.8, 4) is 11.5 Å². The molecule has 6 nitrogen and oxygen atoms in total. The third kappa shape index (κ3) is 6.94. The minimum Gasteiger partial charge on any atom is -0.493 e. The van der Waals surface area contributed by atoms with Crippen LogP contribution in [-0.2, 0) is 20.2 Å². The first-order valence-electron chi connectivity index (χ1n) is 13.6.